The monoisotopic (exact) mass is 240 g/mol. The van der Waals surface area contributed by atoms with Gasteiger partial charge in [-0.25, -0.2) is 0 Å². The van der Waals surface area contributed by atoms with Gasteiger partial charge in [0.2, 0.25) is 0 Å². The van der Waals surface area contributed by atoms with Crippen LogP contribution in [0.3, 0.4) is 0 Å². The van der Waals surface area contributed by atoms with E-state index in [9.17, 15) is 0 Å². The maximum absolute atomic E-state index is 6.00. The molecule has 3 N–H and O–H groups in total. The van der Waals surface area contributed by atoms with Gasteiger partial charge in [0.15, 0.2) is 0 Å². The lowest BCUT2D eigenvalue weighted by Crippen LogP contribution is -2.00. The summed E-state index contributed by atoms with van der Waals surface area (Å²) in [5.74, 6) is 0.486. The summed E-state index contributed by atoms with van der Waals surface area (Å²) in [6.45, 7) is 6.46. The number of hydrogen-bond acceptors (Lipinski definition) is 2. The standard InChI is InChI=1S/C16H20N2/c1-11(2)13-6-4-5-7-15(13)18-16-10-12(3)8-9-14(16)17/h4-11,18H,17H2,1-3H3. The fraction of sp³-hybridized carbons (Fsp3) is 0.250. The Kier molecular flexibility index (Phi) is 3.56. The average Bonchev–Trinajstić information content (AvgIpc) is 2.34. The molecule has 0 saturated carbocycles. The predicted octanol–water partition coefficient (Wildman–Crippen LogP) is 4.44. The minimum atomic E-state index is 0.486. The number of benzene rings is 2. The third-order valence-electron chi connectivity index (χ3n) is 3.06. The molecule has 0 atom stereocenters. The van der Waals surface area contributed by atoms with Gasteiger partial charge in [-0.1, -0.05) is 38.1 Å². The molecule has 94 valence electrons. The highest BCUT2D eigenvalue weighted by atomic mass is 14.9. The summed E-state index contributed by atoms with van der Waals surface area (Å²) in [6.07, 6.45) is 0. The maximum Gasteiger partial charge on any atom is 0.0620 e. The molecular weight excluding hydrogens is 220 g/mol. The summed E-state index contributed by atoms with van der Waals surface area (Å²) in [5, 5.41) is 3.44. The molecule has 0 amide bonds. The molecule has 2 aromatic rings. The van der Waals surface area contributed by atoms with Crippen molar-refractivity contribution in [1.82, 2.24) is 0 Å². The Morgan fingerprint density at radius 1 is 1.00 bits per heavy atom. The second-order valence-electron chi connectivity index (χ2n) is 4.96. The smallest absolute Gasteiger partial charge is 0.0620 e. The van der Waals surface area contributed by atoms with Crippen LogP contribution in [0.1, 0.15) is 30.9 Å². The Balaban J connectivity index is 2.37. The molecule has 0 aliphatic heterocycles. The molecular formula is C16H20N2. The zero-order valence-corrected chi connectivity index (χ0v) is 11.2. The quantitative estimate of drug-likeness (QED) is 0.778. The van der Waals surface area contributed by atoms with Crippen LogP contribution >= 0.6 is 0 Å². The number of nitrogen functional groups attached to an aromatic ring is 1. The van der Waals surface area contributed by atoms with Crippen molar-refractivity contribution in [3.05, 3.63) is 53.6 Å². The summed E-state index contributed by atoms with van der Waals surface area (Å²) in [6, 6.07) is 14.4. The molecule has 0 unspecified atom stereocenters. The predicted molar refractivity (Wildman–Crippen MR) is 79.4 cm³/mol. The van der Waals surface area contributed by atoms with Crippen LogP contribution in [0, 0.1) is 6.92 Å². The summed E-state index contributed by atoms with van der Waals surface area (Å²) in [7, 11) is 0. The van der Waals surface area contributed by atoms with Crippen molar-refractivity contribution in [2.45, 2.75) is 26.7 Å². The fourth-order valence-electron chi connectivity index (χ4n) is 2.04. The Bertz CT molecular complexity index is 545. The van der Waals surface area contributed by atoms with E-state index in [4.69, 9.17) is 5.73 Å². The Morgan fingerprint density at radius 2 is 1.72 bits per heavy atom. The molecule has 2 heteroatoms. The highest BCUT2D eigenvalue weighted by Crippen LogP contribution is 2.29. The Hall–Kier alpha value is -1.96. The van der Waals surface area contributed by atoms with E-state index in [1.165, 1.54) is 11.1 Å². The van der Waals surface area contributed by atoms with E-state index in [0.29, 0.717) is 5.92 Å². The van der Waals surface area contributed by atoms with E-state index < -0.39 is 0 Å². The first-order valence-electron chi connectivity index (χ1n) is 6.30. The van der Waals surface area contributed by atoms with Crippen LogP contribution in [0.5, 0.6) is 0 Å². The van der Waals surface area contributed by atoms with Gasteiger partial charge in [0, 0.05) is 5.69 Å². The molecule has 0 saturated heterocycles. The molecule has 0 aliphatic carbocycles. The van der Waals surface area contributed by atoms with Gasteiger partial charge >= 0.3 is 0 Å². The van der Waals surface area contributed by atoms with Gasteiger partial charge in [0.1, 0.15) is 0 Å². The molecule has 0 heterocycles. The topological polar surface area (TPSA) is 38.0 Å². The van der Waals surface area contributed by atoms with Gasteiger partial charge in [-0.2, -0.15) is 0 Å². The zero-order chi connectivity index (χ0) is 13.1. The van der Waals surface area contributed by atoms with Crippen molar-refractivity contribution in [1.29, 1.82) is 0 Å². The summed E-state index contributed by atoms with van der Waals surface area (Å²) >= 11 is 0. The number of nitrogens with two attached hydrogens (primary N) is 1. The molecule has 2 aromatic carbocycles. The van der Waals surface area contributed by atoms with Crippen LogP contribution in [0.25, 0.3) is 0 Å². The minimum Gasteiger partial charge on any atom is -0.397 e. The number of hydrogen-bond donors (Lipinski definition) is 2. The van der Waals surface area contributed by atoms with E-state index in [2.05, 4.69) is 50.4 Å². The first kappa shape index (κ1) is 12.5. The molecule has 0 fully saturated rings. The molecule has 0 bridgehead atoms. The number of nitrogens with one attached hydrogen (secondary N) is 1. The summed E-state index contributed by atoms with van der Waals surface area (Å²) in [5.41, 5.74) is 11.4. The van der Waals surface area contributed by atoms with E-state index in [-0.39, 0.29) is 0 Å². The number of aryl methyl sites for hydroxylation is 1. The molecule has 2 nitrogen and oxygen atoms in total. The zero-order valence-electron chi connectivity index (χ0n) is 11.2. The van der Waals surface area contributed by atoms with E-state index in [0.717, 1.165) is 17.1 Å². The summed E-state index contributed by atoms with van der Waals surface area (Å²) in [4.78, 5) is 0. The molecule has 0 aromatic heterocycles. The van der Waals surface area contributed by atoms with Gasteiger partial charge in [-0.3, -0.25) is 0 Å². The minimum absolute atomic E-state index is 0.486. The number of para-hydroxylation sites is 1. The Labute approximate surface area is 109 Å². The third kappa shape index (κ3) is 2.65. The van der Waals surface area contributed by atoms with Gasteiger partial charge in [-0.15, -0.1) is 0 Å². The number of anilines is 3. The van der Waals surface area contributed by atoms with Crippen LogP contribution in [0.4, 0.5) is 17.1 Å². The van der Waals surface area contributed by atoms with Crippen molar-refractivity contribution in [2.24, 2.45) is 0 Å². The molecule has 0 aliphatic rings. The first-order valence-corrected chi connectivity index (χ1v) is 6.30. The van der Waals surface area contributed by atoms with Crippen molar-refractivity contribution in [3.8, 4) is 0 Å². The van der Waals surface area contributed by atoms with Crippen LogP contribution < -0.4 is 11.1 Å². The third-order valence-corrected chi connectivity index (χ3v) is 3.06. The molecule has 18 heavy (non-hydrogen) atoms. The lowest BCUT2D eigenvalue weighted by atomic mass is 10.0. The van der Waals surface area contributed by atoms with Crippen LogP contribution in [-0.2, 0) is 0 Å². The van der Waals surface area contributed by atoms with Crippen LogP contribution in [0.2, 0.25) is 0 Å². The van der Waals surface area contributed by atoms with E-state index >= 15 is 0 Å². The molecule has 2 rings (SSSR count). The van der Waals surface area contributed by atoms with E-state index in [1.807, 2.05) is 18.2 Å². The maximum atomic E-state index is 6.00. The Morgan fingerprint density at radius 3 is 2.44 bits per heavy atom. The van der Waals surface area contributed by atoms with Crippen molar-refractivity contribution in [2.75, 3.05) is 11.1 Å². The summed E-state index contributed by atoms with van der Waals surface area (Å²) < 4.78 is 0. The normalized spacial score (nSPS) is 10.7. The SMILES string of the molecule is Cc1ccc(N)c(Nc2ccccc2C(C)C)c1. The van der Waals surface area contributed by atoms with Crippen molar-refractivity contribution < 1.29 is 0 Å². The molecule has 0 spiro atoms. The molecule has 0 radical (unpaired) electrons. The van der Waals surface area contributed by atoms with Crippen molar-refractivity contribution in [3.63, 3.8) is 0 Å². The first-order chi connectivity index (χ1) is 8.58. The number of rotatable bonds is 3. The second kappa shape index (κ2) is 5.13. The van der Waals surface area contributed by atoms with Gasteiger partial charge < -0.3 is 11.1 Å². The van der Waals surface area contributed by atoms with Gasteiger partial charge in [0.25, 0.3) is 0 Å². The van der Waals surface area contributed by atoms with Crippen molar-refractivity contribution >= 4 is 17.1 Å². The lowest BCUT2D eigenvalue weighted by molar-refractivity contribution is 0.869. The van der Waals surface area contributed by atoms with Gasteiger partial charge in [0.05, 0.1) is 11.4 Å². The largest absolute Gasteiger partial charge is 0.397 e. The van der Waals surface area contributed by atoms with Crippen LogP contribution in [0.15, 0.2) is 42.5 Å². The van der Waals surface area contributed by atoms with E-state index in [1.54, 1.807) is 0 Å². The van der Waals surface area contributed by atoms with Gasteiger partial charge in [-0.05, 0) is 42.2 Å². The second-order valence-corrected chi connectivity index (χ2v) is 4.96. The fourth-order valence-corrected chi connectivity index (χ4v) is 2.04. The highest BCUT2D eigenvalue weighted by molar-refractivity contribution is 5.74. The average molecular weight is 240 g/mol. The highest BCUT2D eigenvalue weighted by Gasteiger charge is 2.07. The lowest BCUT2D eigenvalue weighted by Gasteiger charge is -2.16. The van der Waals surface area contributed by atoms with Crippen LogP contribution in [-0.4, -0.2) is 0 Å².